The summed E-state index contributed by atoms with van der Waals surface area (Å²) in [5, 5.41) is 26.0. The van der Waals surface area contributed by atoms with Gasteiger partial charge in [-0.3, -0.25) is 14.4 Å². The number of carbonyl (C=O) groups is 5. The number of urea groups is 1. The second-order valence-electron chi connectivity index (χ2n) is 21.4. The van der Waals surface area contributed by atoms with Gasteiger partial charge in [0.25, 0.3) is 5.91 Å². The van der Waals surface area contributed by atoms with Crippen molar-refractivity contribution in [1.29, 1.82) is 0 Å². The van der Waals surface area contributed by atoms with Crippen molar-refractivity contribution in [3.63, 3.8) is 0 Å². The first-order chi connectivity index (χ1) is 35.9. The zero-order valence-electron chi connectivity index (χ0n) is 47.0. The average Bonchev–Trinajstić information content (AvgIpc) is 3.79. The number of ether oxygens (including phenoxy) is 6. The minimum atomic E-state index is -1.04. The van der Waals surface area contributed by atoms with Gasteiger partial charge < -0.3 is 65.6 Å². The van der Waals surface area contributed by atoms with E-state index in [4.69, 9.17) is 39.0 Å². The largest absolute Gasteiger partial charge is 0.445 e. The van der Waals surface area contributed by atoms with E-state index in [1.54, 1.807) is 58.7 Å². The van der Waals surface area contributed by atoms with Crippen molar-refractivity contribution in [2.24, 2.45) is 22.2 Å². The lowest BCUT2D eigenvalue weighted by Gasteiger charge is -2.24. The number of alkyl carbamates (subject to hydrolysis) is 1. The molecule has 1 aromatic carbocycles. The van der Waals surface area contributed by atoms with Gasteiger partial charge in [0.15, 0.2) is 6.61 Å². The maximum absolute atomic E-state index is 13.8. The number of hydrogen-bond donors (Lipinski definition) is 6. The molecular weight excluding hydrogens is 1020 g/mol. The topological polar surface area (TPSA) is 279 Å². The lowest BCUT2D eigenvalue weighted by Crippen LogP contribution is -2.53. The van der Waals surface area contributed by atoms with Crippen LogP contribution >= 0.6 is 23.5 Å². The molecule has 0 aliphatic rings. The zero-order chi connectivity index (χ0) is 56.4. The maximum atomic E-state index is 13.8. The Labute approximate surface area is 459 Å². The number of benzene rings is 1. The number of nitrogens with zero attached hydrogens (tertiary/aromatic N) is 4. The number of rotatable bonds is 39. The molecule has 0 fully saturated rings. The number of amides is 6. The fourth-order valence-corrected chi connectivity index (χ4v) is 7.84. The van der Waals surface area contributed by atoms with Gasteiger partial charge in [-0.25, -0.2) is 14.3 Å². The van der Waals surface area contributed by atoms with Crippen LogP contribution < -0.4 is 32.3 Å². The third kappa shape index (κ3) is 36.3. The number of carbonyl (C=O) groups excluding carboxylic acids is 5. The molecule has 1 heterocycles. The van der Waals surface area contributed by atoms with Crippen molar-refractivity contribution >= 4 is 64.8 Å². The SMILES string of the molecule is CC(C)C[C@H](NC(=O)CON=C(CSC(C)(C)C)CSC(C)(C)C)C(=O)N[C@@H](CCCNC(N)=O)C(=O)Nc1ccc(COC(=O)NCc2cn(CCOCCOCCOCCOCCOCCC(C)(C)C)nn2)cc1. The summed E-state index contributed by atoms with van der Waals surface area (Å²) in [6.07, 6.45) is 2.80. The Bertz CT molecular complexity index is 1990. The molecule has 6 amide bonds. The molecule has 0 spiro atoms. The van der Waals surface area contributed by atoms with Gasteiger partial charge in [-0.15, -0.1) is 28.6 Å². The van der Waals surface area contributed by atoms with Crippen molar-refractivity contribution in [1.82, 2.24) is 36.3 Å². The van der Waals surface area contributed by atoms with Crippen LogP contribution in [0.2, 0.25) is 0 Å². The predicted octanol–water partition coefficient (Wildman–Crippen LogP) is 6.06. The molecule has 0 aliphatic heterocycles. The van der Waals surface area contributed by atoms with Gasteiger partial charge in [0.2, 0.25) is 11.8 Å². The zero-order valence-corrected chi connectivity index (χ0v) is 48.7. The van der Waals surface area contributed by atoms with Crippen LogP contribution in [0.3, 0.4) is 0 Å². The van der Waals surface area contributed by atoms with Gasteiger partial charge in [0, 0.05) is 39.8 Å². The van der Waals surface area contributed by atoms with Crippen molar-refractivity contribution < 1.29 is 57.2 Å². The minimum Gasteiger partial charge on any atom is -0.445 e. The lowest BCUT2D eigenvalue weighted by atomic mass is 9.93. The highest BCUT2D eigenvalue weighted by atomic mass is 32.2. The Morgan fingerprint density at radius 2 is 1.29 bits per heavy atom. The molecule has 2 aromatic rings. The highest BCUT2D eigenvalue weighted by molar-refractivity contribution is 8.02. The Balaban J connectivity index is 1.78. The van der Waals surface area contributed by atoms with Crippen molar-refractivity contribution in [2.75, 3.05) is 96.0 Å². The normalized spacial score (nSPS) is 12.6. The molecule has 0 bridgehead atoms. The first-order valence-corrected chi connectivity index (χ1v) is 28.0. The van der Waals surface area contributed by atoms with Crippen molar-refractivity contribution in [3.8, 4) is 0 Å². The molecule has 7 N–H and O–H groups in total. The van der Waals surface area contributed by atoms with Crippen LogP contribution in [0.4, 0.5) is 15.3 Å². The third-order valence-electron chi connectivity index (χ3n) is 10.2. The molecule has 76 heavy (non-hydrogen) atoms. The number of nitrogens with one attached hydrogen (secondary N) is 5. The van der Waals surface area contributed by atoms with Crippen LogP contribution in [0.15, 0.2) is 35.6 Å². The van der Waals surface area contributed by atoms with E-state index in [0.29, 0.717) is 101 Å². The summed E-state index contributed by atoms with van der Waals surface area (Å²) >= 11 is 3.46. The van der Waals surface area contributed by atoms with Gasteiger partial charge in [-0.05, 0) is 54.7 Å². The molecule has 432 valence electrons. The highest BCUT2D eigenvalue weighted by Gasteiger charge is 2.28. The fourth-order valence-electron chi connectivity index (χ4n) is 6.20. The molecule has 0 aliphatic carbocycles. The monoisotopic (exact) mass is 1110 g/mol. The number of aromatic nitrogens is 3. The smallest absolute Gasteiger partial charge is 0.407 e. The van der Waals surface area contributed by atoms with E-state index < -0.39 is 48.5 Å². The summed E-state index contributed by atoms with van der Waals surface area (Å²) in [4.78, 5) is 69.9. The Hall–Kier alpha value is -4.72. The molecule has 0 saturated heterocycles. The lowest BCUT2D eigenvalue weighted by molar-refractivity contribution is -0.133. The quantitative estimate of drug-likeness (QED) is 0.0252. The Morgan fingerprint density at radius 1 is 0.724 bits per heavy atom. The van der Waals surface area contributed by atoms with E-state index in [2.05, 4.69) is 104 Å². The molecule has 22 nitrogen and oxygen atoms in total. The van der Waals surface area contributed by atoms with E-state index >= 15 is 0 Å². The third-order valence-corrected chi connectivity index (χ3v) is 12.9. The van der Waals surface area contributed by atoms with Gasteiger partial charge in [-0.1, -0.05) is 98.7 Å². The molecule has 1 aromatic heterocycles. The summed E-state index contributed by atoms with van der Waals surface area (Å²) in [5.74, 6) is -0.331. The first kappa shape index (κ1) is 67.4. The van der Waals surface area contributed by atoms with Gasteiger partial charge >= 0.3 is 12.1 Å². The average molecular weight is 1110 g/mol. The van der Waals surface area contributed by atoms with Crippen LogP contribution in [-0.2, 0) is 67.3 Å². The summed E-state index contributed by atoms with van der Waals surface area (Å²) in [6.45, 7) is 28.4. The number of primary amides is 1. The summed E-state index contributed by atoms with van der Waals surface area (Å²) in [6, 6.07) is 3.91. The van der Waals surface area contributed by atoms with Crippen LogP contribution in [0.25, 0.3) is 0 Å². The molecular formula is C52H90N10O12S2. The van der Waals surface area contributed by atoms with Crippen LogP contribution in [0, 0.1) is 11.3 Å². The van der Waals surface area contributed by atoms with Crippen LogP contribution in [0.1, 0.15) is 113 Å². The molecule has 2 atom stereocenters. The summed E-state index contributed by atoms with van der Waals surface area (Å²) < 4.78 is 34.8. The van der Waals surface area contributed by atoms with Crippen molar-refractivity contribution in [3.05, 3.63) is 41.7 Å². The second-order valence-corrected chi connectivity index (χ2v) is 25.0. The second kappa shape index (κ2) is 37.2. The van der Waals surface area contributed by atoms with E-state index in [1.165, 1.54) is 0 Å². The van der Waals surface area contributed by atoms with Gasteiger partial charge in [0.1, 0.15) is 24.4 Å². The van der Waals surface area contributed by atoms with E-state index in [-0.39, 0.29) is 53.4 Å². The number of thioether (sulfide) groups is 2. The maximum Gasteiger partial charge on any atom is 0.407 e. The highest BCUT2D eigenvalue weighted by Crippen LogP contribution is 2.27. The minimum absolute atomic E-state index is 0.0109. The molecule has 0 saturated carbocycles. The van der Waals surface area contributed by atoms with Crippen molar-refractivity contribution in [2.45, 2.75) is 143 Å². The molecule has 2 rings (SSSR count). The number of anilines is 1. The Morgan fingerprint density at radius 3 is 1.83 bits per heavy atom. The predicted molar refractivity (Wildman–Crippen MR) is 298 cm³/mol. The number of oxime groups is 1. The molecule has 0 radical (unpaired) electrons. The number of hydrogen-bond acceptors (Lipinski definition) is 17. The Kier molecular flexibility index (Phi) is 32.9. The van der Waals surface area contributed by atoms with Crippen LogP contribution in [0.5, 0.6) is 0 Å². The summed E-state index contributed by atoms with van der Waals surface area (Å²) in [7, 11) is 0. The van der Waals surface area contributed by atoms with Gasteiger partial charge in [0.05, 0.1) is 84.5 Å². The van der Waals surface area contributed by atoms with E-state index in [9.17, 15) is 24.0 Å². The fraction of sp³-hybridized carbons (Fsp3) is 0.731. The van der Waals surface area contributed by atoms with Gasteiger partial charge in [-0.2, -0.15) is 0 Å². The molecule has 24 heteroatoms. The summed E-state index contributed by atoms with van der Waals surface area (Å²) in [5.41, 5.74) is 7.91. The first-order valence-electron chi connectivity index (χ1n) is 26.0. The van der Waals surface area contributed by atoms with E-state index in [0.717, 1.165) is 18.7 Å². The number of nitrogens with two attached hydrogens (primary N) is 1. The molecule has 0 unspecified atom stereocenters. The standard InChI is InChI=1S/C52H90N10O12S2/c1-38(2)31-44(57-45(63)35-74-60-42(36-75-51(6,7)8)37-76-52(9,10)11)47(65)58-43(13-12-19-54-48(53)66)46(64)56-40-16-14-39(15-17-40)34-73-49(67)55-32-41-33-62(61-59-41)20-22-69-24-26-71-28-30-72-29-27-70-25-23-68-21-18-50(3,4)5/h14-17,33,38,43-44H,12-13,18-32,34-37H2,1-11H3,(H,55,67)(H,56,64)(H,57,63)(H,58,65)(H3,53,54,66)/t43-,44-/m0/s1. The van der Waals surface area contributed by atoms with Crippen LogP contribution in [-0.4, -0.2) is 163 Å². The van der Waals surface area contributed by atoms with E-state index in [1.807, 2.05) is 13.8 Å².